The van der Waals surface area contributed by atoms with Gasteiger partial charge in [0.15, 0.2) is 18.6 Å². The zero-order valence-corrected chi connectivity index (χ0v) is 21.8. The Hall–Kier alpha value is -1.62. The maximum absolute atomic E-state index is 12.0. The van der Waals surface area contributed by atoms with Crippen LogP contribution in [0.2, 0.25) is 0 Å². The smallest absolute Gasteiger partial charge is 0.307 e. The van der Waals surface area contributed by atoms with Gasteiger partial charge in [-0.3, -0.25) is 9.59 Å². The molecule has 0 bridgehead atoms. The standard InChI is InChI=1S/C27H46N2O3.ClH/c1-3-4-5-6-7-8-9-10-11-12-13-14-15-16-18-21-27(31)32-25(2)28-26(30)24-29-22-19-17-20-23-29;/h17,19-20,22-23,25H,3-16,18,21,24H2,1-2H3;1H. The van der Waals surface area contributed by atoms with E-state index in [1.165, 1.54) is 83.5 Å². The van der Waals surface area contributed by atoms with Crippen LogP contribution in [0.3, 0.4) is 0 Å². The summed E-state index contributed by atoms with van der Waals surface area (Å²) >= 11 is 0. The first-order chi connectivity index (χ1) is 15.6. The van der Waals surface area contributed by atoms with Gasteiger partial charge in [0, 0.05) is 18.6 Å². The zero-order chi connectivity index (χ0) is 23.3. The number of carbonyl (C=O) groups excluding carboxylic acids is 2. The van der Waals surface area contributed by atoms with E-state index in [1.54, 1.807) is 11.5 Å². The molecule has 0 aliphatic rings. The van der Waals surface area contributed by atoms with Crippen LogP contribution in [0.1, 0.15) is 117 Å². The van der Waals surface area contributed by atoms with E-state index in [2.05, 4.69) is 12.2 Å². The van der Waals surface area contributed by atoms with Crippen LogP contribution in [0, 0.1) is 0 Å². The number of halogens is 1. The molecule has 1 atom stereocenters. The third-order valence-corrected chi connectivity index (χ3v) is 5.76. The van der Waals surface area contributed by atoms with E-state index in [0.717, 1.165) is 12.8 Å². The van der Waals surface area contributed by atoms with E-state index < -0.39 is 6.23 Å². The highest BCUT2D eigenvalue weighted by Gasteiger charge is 2.14. The van der Waals surface area contributed by atoms with E-state index in [0.29, 0.717) is 6.42 Å². The molecule has 1 aromatic rings. The average Bonchev–Trinajstić information content (AvgIpc) is 2.76. The Morgan fingerprint density at radius 3 is 1.70 bits per heavy atom. The fourth-order valence-electron chi connectivity index (χ4n) is 3.90. The summed E-state index contributed by atoms with van der Waals surface area (Å²) in [5.74, 6) is -0.409. The van der Waals surface area contributed by atoms with Crippen molar-refractivity contribution < 1.29 is 31.3 Å². The lowest BCUT2D eigenvalue weighted by Gasteiger charge is -2.14. The number of ether oxygens (including phenoxy) is 1. The van der Waals surface area contributed by atoms with E-state index >= 15 is 0 Å². The number of hydrogen-bond acceptors (Lipinski definition) is 3. The number of esters is 1. The molecule has 1 unspecified atom stereocenters. The van der Waals surface area contributed by atoms with E-state index in [9.17, 15) is 9.59 Å². The largest absolute Gasteiger partial charge is 1.00 e. The van der Waals surface area contributed by atoms with Crippen molar-refractivity contribution in [3.05, 3.63) is 30.6 Å². The number of nitrogens with zero attached hydrogens (tertiary/aromatic N) is 1. The summed E-state index contributed by atoms with van der Waals surface area (Å²) in [5.41, 5.74) is 0. The van der Waals surface area contributed by atoms with Crippen molar-refractivity contribution >= 4 is 11.9 Å². The minimum absolute atomic E-state index is 0. The number of amides is 1. The van der Waals surface area contributed by atoms with Crippen LogP contribution < -0.4 is 22.3 Å². The SMILES string of the molecule is CCCCCCCCCCCCCCCCCC(=O)OC(C)NC(=O)C[n+]1ccccc1.[Cl-]. The van der Waals surface area contributed by atoms with E-state index in [-0.39, 0.29) is 30.8 Å². The van der Waals surface area contributed by atoms with Gasteiger partial charge in [0.2, 0.25) is 6.54 Å². The van der Waals surface area contributed by atoms with Crippen LogP contribution in [-0.2, 0) is 20.9 Å². The third kappa shape index (κ3) is 19.5. The molecule has 0 aromatic carbocycles. The maximum Gasteiger partial charge on any atom is 0.307 e. The first-order valence-electron chi connectivity index (χ1n) is 13.0. The van der Waals surface area contributed by atoms with Gasteiger partial charge in [-0.25, -0.2) is 0 Å². The topological polar surface area (TPSA) is 59.3 Å². The van der Waals surface area contributed by atoms with E-state index in [1.807, 2.05) is 30.6 Å². The van der Waals surface area contributed by atoms with Gasteiger partial charge in [-0.15, -0.1) is 0 Å². The highest BCUT2D eigenvalue weighted by molar-refractivity contribution is 5.75. The van der Waals surface area contributed by atoms with Crippen molar-refractivity contribution in [2.24, 2.45) is 0 Å². The lowest BCUT2D eigenvalue weighted by Crippen LogP contribution is -3.00. The highest BCUT2D eigenvalue weighted by atomic mass is 35.5. The van der Waals surface area contributed by atoms with Crippen LogP contribution in [0.4, 0.5) is 0 Å². The number of rotatable bonds is 20. The Balaban J connectivity index is 0.0000102. The van der Waals surface area contributed by atoms with Gasteiger partial charge < -0.3 is 22.5 Å². The lowest BCUT2D eigenvalue weighted by atomic mass is 10.0. The molecule has 1 heterocycles. The number of aromatic nitrogens is 1. The summed E-state index contributed by atoms with van der Waals surface area (Å²) < 4.78 is 7.07. The molecule has 6 heteroatoms. The minimum Gasteiger partial charge on any atom is -1.00 e. The molecule has 190 valence electrons. The first kappa shape index (κ1) is 31.4. The molecule has 0 radical (unpaired) electrons. The number of hydrogen-bond donors (Lipinski definition) is 1. The quantitative estimate of drug-likeness (QED) is 0.134. The second-order valence-electron chi connectivity index (χ2n) is 8.95. The summed E-state index contributed by atoms with van der Waals surface area (Å²) in [6.45, 7) is 4.17. The van der Waals surface area contributed by atoms with Gasteiger partial charge in [-0.2, -0.15) is 4.57 Å². The third-order valence-electron chi connectivity index (χ3n) is 5.76. The molecule has 5 nitrogen and oxygen atoms in total. The van der Waals surface area contributed by atoms with Gasteiger partial charge in [0.25, 0.3) is 5.91 Å². The Labute approximate surface area is 208 Å². The number of carbonyl (C=O) groups is 2. The first-order valence-corrected chi connectivity index (χ1v) is 13.0. The molecule has 33 heavy (non-hydrogen) atoms. The van der Waals surface area contributed by atoms with Gasteiger partial charge in [-0.05, 0) is 13.3 Å². The summed E-state index contributed by atoms with van der Waals surface area (Å²) in [4.78, 5) is 23.9. The minimum atomic E-state index is -0.601. The van der Waals surface area contributed by atoms with Crippen molar-refractivity contribution in [2.45, 2.75) is 129 Å². The van der Waals surface area contributed by atoms with Crippen LogP contribution >= 0.6 is 0 Å². The normalized spacial score (nSPS) is 11.5. The van der Waals surface area contributed by atoms with Crippen LogP contribution in [0.15, 0.2) is 30.6 Å². The molecule has 0 aliphatic heterocycles. The van der Waals surface area contributed by atoms with Crippen molar-refractivity contribution in [2.75, 3.05) is 0 Å². The molecule has 0 aliphatic carbocycles. The van der Waals surface area contributed by atoms with Crippen LogP contribution in [0.5, 0.6) is 0 Å². The van der Waals surface area contributed by atoms with Gasteiger partial charge in [0.05, 0.1) is 0 Å². The van der Waals surface area contributed by atoms with Crippen molar-refractivity contribution in [1.29, 1.82) is 0 Å². The summed E-state index contributed by atoms with van der Waals surface area (Å²) in [6, 6.07) is 5.64. The summed E-state index contributed by atoms with van der Waals surface area (Å²) in [6.07, 6.45) is 23.0. The predicted molar refractivity (Wildman–Crippen MR) is 130 cm³/mol. The summed E-state index contributed by atoms with van der Waals surface area (Å²) in [7, 11) is 0. The molecule has 0 spiro atoms. The molecule has 0 fully saturated rings. The second-order valence-corrected chi connectivity index (χ2v) is 8.95. The predicted octanol–water partition coefficient (Wildman–Crippen LogP) is 3.25. The molecule has 0 saturated carbocycles. The second kappa shape index (κ2) is 22.2. The van der Waals surface area contributed by atoms with Crippen molar-refractivity contribution in [3.8, 4) is 0 Å². The average molecular weight is 483 g/mol. The fraction of sp³-hybridized carbons (Fsp3) is 0.741. The molecule has 1 aromatic heterocycles. The Bertz CT molecular complexity index is 598. The number of pyridine rings is 1. The molecular weight excluding hydrogens is 436 g/mol. The Morgan fingerprint density at radius 1 is 0.758 bits per heavy atom. The fourth-order valence-corrected chi connectivity index (χ4v) is 3.90. The van der Waals surface area contributed by atoms with Crippen molar-refractivity contribution in [1.82, 2.24) is 5.32 Å². The summed E-state index contributed by atoms with van der Waals surface area (Å²) in [5, 5.41) is 2.71. The molecule has 1 rings (SSSR count). The molecular formula is C27H47ClN2O3. The monoisotopic (exact) mass is 482 g/mol. The van der Waals surface area contributed by atoms with Gasteiger partial charge >= 0.3 is 5.97 Å². The maximum atomic E-state index is 12.0. The number of unbranched alkanes of at least 4 members (excludes halogenated alkanes) is 14. The van der Waals surface area contributed by atoms with Gasteiger partial charge in [-0.1, -0.05) is 103 Å². The lowest BCUT2D eigenvalue weighted by molar-refractivity contribution is -0.684. The molecule has 0 saturated heterocycles. The Morgan fingerprint density at radius 2 is 1.21 bits per heavy atom. The van der Waals surface area contributed by atoms with Crippen LogP contribution in [-0.4, -0.2) is 18.1 Å². The van der Waals surface area contributed by atoms with Crippen molar-refractivity contribution in [3.63, 3.8) is 0 Å². The Kier molecular flexibility index (Phi) is 21.1. The highest BCUT2D eigenvalue weighted by Crippen LogP contribution is 2.13. The van der Waals surface area contributed by atoms with E-state index in [4.69, 9.17) is 4.74 Å². The molecule has 1 amide bonds. The van der Waals surface area contributed by atoms with Gasteiger partial charge in [0.1, 0.15) is 0 Å². The molecule has 1 N–H and O–H groups in total. The number of nitrogens with one attached hydrogen (secondary N) is 1. The van der Waals surface area contributed by atoms with Crippen LogP contribution in [0.25, 0.3) is 0 Å². The zero-order valence-electron chi connectivity index (χ0n) is 21.0.